The van der Waals surface area contributed by atoms with Crippen molar-refractivity contribution < 1.29 is 22.7 Å². The first-order valence-electron chi connectivity index (χ1n) is 10.5. The van der Waals surface area contributed by atoms with Gasteiger partial charge in [-0.3, -0.25) is 9.59 Å². The number of hydrogen-bond acceptors (Lipinski definition) is 5. The summed E-state index contributed by atoms with van der Waals surface area (Å²) in [7, 11) is -2.47. The lowest BCUT2D eigenvalue weighted by Gasteiger charge is -2.22. The van der Waals surface area contributed by atoms with Gasteiger partial charge in [0, 0.05) is 12.2 Å². The summed E-state index contributed by atoms with van der Waals surface area (Å²) in [5.74, 6) is -0.370. The van der Waals surface area contributed by atoms with E-state index >= 15 is 0 Å². The molecule has 9 heteroatoms. The van der Waals surface area contributed by atoms with Gasteiger partial charge in [-0.15, -0.1) is 0 Å². The van der Waals surface area contributed by atoms with Crippen LogP contribution in [0, 0.1) is 6.92 Å². The highest BCUT2D eigenvalue weighted by Crippen LogP contribution is 2.25. The van der Waals surface area contributed by atoms with E-state index in [4.69, 9.17) is 10.5 Å². The maximum Gasteiger partial charge on any atom is 0.243 e. The minimum Gasteiger partial charge on any atom is -0.496 e. The first-order chi connectivity index (χ1) is 16.2. The Bertz CT molecular complexity index is 1260. The van der Waals surface area contributed by atoms with Gasteiger partial charge in [0.15, 0.2) is 0 Å². The average Bonchev–Trinajstić information content (AvgIpc) is 2.80. The molecular weight excluding hydrogens is 454 g/mol. The molecule has 0 heterocycles. The van der Waals surface area contributed by atoms with Crippen molar-refractivity contribution in [3.05, 3.63) is 89.5 Å². The molecule has 0 aliphatic carbocycles. The number of rotatable bonds is 10. The summed E-state index contributed by atoms with van der Waals surface area (Å²) >= 11 is 0. The zero-order valence-electron chi connectivity index (χ0n) is 19.0. The molecule has 34 heavy (non-hydrogen) atoms. The third kappa shape index (κ3) is 6.43. The Balaban J connectivity index is 1.83. The van der Waals surface area contributed by atoms with Gasteiger partial charge in [-0.25, -0.2) is 8.42 Å². The summed E-state index contributed by atoms with van der Waals surface area (Å²) in [5.41, 5.74) is 7.82. The van der Waals surface area contributed by atoms with Crippen LogP contribution in [0.3, 0.4) is 0 Å². The minimum absolute atomic E-state index is 0.0270. The van der Waals surface area contributed by atoms with Crippen molar-refractivity contribution in [2.75, 3.05) is 19.0 Å². The van der Waals surface area contributed by atoms with Crippen molar-refractivity contribution in [2.24, 2.45) is 5.73 Å². The summed E-state index contributed by atoms with van der Waals surface area (Å²) < 4.78 is 33.3. The van der Waals surface area contributed by atoms with Crippen LogP contribution in [0.25, 0.3) is 0 Å². The summed E-state index contributed by atoms with van der Waals surface area (Å²) in [4.78, 5) is 23.9. The Hall–Kier alpha value is -3.69. The van der Waals surface area contributed by atoms with Crippen LogP contribution in [-0.2, 0) is 32.6 Å². The summed E-state index contributed by atoms with van der Waals surface area (Å²) in [6, 6.07) is 20.3. The predicted octanol–water partition coefficient (Wildman–Crippen LogP) is 2.86. The summed E-state index contributed by atoms with van der Waals surface area (Å²) in [6.07, 6.45) is 0.0958. The average molecular weight is 482 g/mol. The van der Waals surface area contributed by atoms with E-state index in [9.17, 15) is 18.0 Å². The monoisotopic (exact) mass is 481 g/mol. The smallest absolute Gasteiger partial charge is 0.243 e. The Morgan fingerprint density at radius 2 is 1.65 bits per heavy atom. The Kier molecular flexibility index (Phi) is 8.04. The topological polar surface area (TPSA) is 119 Å². The van der Waals surface area contributed by atoms with Crippen LogP contribution >= 0.6 is 0 Å². The molecular formula is C25H27N3O5S. The number of primary amides is 1. The maximum absolute atomic E-state index is 13.5. The van der Waals surface area contributed by atoms with E-state index in [0.717, 1.165) is 9.87 Å². The van der Waals surface area contributed by atoms with Crippen molar-refractivity contribution in [3.63, 3.8) is 0 Å². The highest BCUT2D eigenvalue weighted by atomic mass is 32.2. The van der Waals surface area contributed by atoms with Crippen molar-refractivity contribution in [2.45, 2.75) is 24.8 Å². The second-order valence-corrected chi connectivity index (χ2v) is 9.72. The third-order valence-corrected chi connectivity index (χ3v) is 6.93. The number of sulfonamides is 1. The summed E-state index contributed by atoms with van der Waals surface area (Å²) in [5, 5.41) is 2.71. The van der Waals surface area contributed by atoms with Crippen molar-refractivity contribution in [3.8, 4) is 5.75 Å². The maximum atomic E-state index is 13.5. The van der Waals surface area contributed by atoms with E-state index in [0.29, 0.717) is 22.6 Å². The van der Waals surface area contributed by atoms with Crippen LogP contribution in [0.15, 0.2) is 77.7 Å². The molecule has 3 aromatic carbocycles. The molecule has 2 amide bonds. The van der Waals surface area contributed by atoms with E-state index in [2.05, 4.69) is 5.32 Å². The van der Waals surface area contributed by atoms with Gasteiger partial charge in [-0.2, -0.15) is 4.31 Å². The van der Waals surface area contributed by atoms with Gasteiger partial charge < -0.3 is 15.8 Å². The quantitative estimate of drug-likeness (QED) is 0.462. The Labute approximate surface area is 199 Å². The normalized spacial score (nSPS) is 11.3. The van der Waals surface area contributed by atoms with Crippen LogP contribution in [0.1, 0.15) is 16.7 Å². The van der Waals surface area contributed by atoms with Gasteiger partial charge in [-0.05, 0) is 53.9 Å². The lowest BCUT2D eigenvalue weighted by molar-refractivity contribution is -0.117. The Morgan fingerprint density at radius 3 is 2.24 bits per heavy atom. The number of ether oxygens (including phenoxy) is 1. The van der Waals surface area contributed by atoms with E-state index in [1.165, 1.54) is 19.2 Å². The molecule has 3 rings (SSSR count). The fourth-order valence-corrected chi connectivity index (χ4v) is 4.91. The number of aryl methyl sites for hydroxylation is 1. The number of amides is 2. The number of nitrogens with one attached hydrogen (secondary N) is 1. The van der Waals surface area contributed by atoms with E-state index < -0.39 is 21.8 Å². The molecule has 0 atom stereocenters. The molecule has 0 aliphatic heterocycles. The van der Waals surface area contributed by atoms with Gasteiger partial charge >= 0.3 is 0 Å². The molecule has 0 radical (unpaired) electrons. The zero-order chi connectivity index (χ0) is 24.7. The molecule has 3 aromatic rings. The molecule has 0 saturated carbocycles. The van der Waals surface area contributed by atoms with Crippen LogP contribution in [0.5, 0.6) is 5.75 Å². The van der Waals surface area contributed by atoms with Gasteiger partial charge in [0.2, 0.25) is 21.8 Å². The molecule has 0 bridgehead atoms. The van der Waals surface area contributed by atoms with E-state index in [-0.39, 0.29) is 24.4 Å². The molecule has 178 valence electrons. The van der Waals surface area contributed by atoms with Crippen molar-refractivity contribution in [1.82, 2.24) is 4.31 Å². The van der Waals surface area contributed by atoms with Gasteiger partial charge in [0.05, 0.1) is 25.0 Å². The second kappa shape index (κ2) is 11.0. The number of hydrogen-bond donors (Lipinski definition) is 2. The van der Waals surface area contributed by atoms with Gasteiger partial charge in [0.25, 0.3) is 0 Å². The highest BCUT2D eigenvalue weighted by molar-refractivity contribution is 7.89. The van der Waals surface area contributed by atoms with E-state index in [1.54, 1.807) is 49.4 Å². The molecule has 0 unspecified atom stereocenters. The lowest BCUT2D eigenvalue weighted by atomic mass is 10.1. The van der Waals surface area contributed by atoms with Crippen LogP contribution in [0.2, 0.25) is 0 Å². The number of anilines is 1. The van der Waals surface area contributed by atoms with Crippen molar-refractivity contribution in [1.29, 1.82) is 0 Å². The fraction of sp³-hybridized carbons (Fsp3) is 0.200. The molecule has 0 aromatic heterocycles. The second-order valence-electron chi connectivity index (χ2n) is 7.78. The third-order valence-electron chi connectivity index (χ3n) is 5.14. The first kappa shape index (κ1) is 24.9. The predicted molar refractivity (Wildman–Crippen MR) is 130 cm³/mol. The number of carbonyl (C=O) groups excluding carboxylic acids is 2. The highest BCUT2D eigenvalue weighted by Gasteiger charge is 2.27. The Morgan fingerprint density at radius 1 is 0.971 bits per heavy atom. The molecule has 0 fully saturated rings. The van der Waals surface area contributed by atoms with Crippen LogP contribution in [0.4, 0.5) is 5.69 Å². The van der Waals surface area contributed by atoms with Gasteiger partial charge in [-0.1, -0.05) is 42.5 Å². The summed E-state index contributed by atoms with van der Waals surface area (Å²) in [6.45, 7) is 1.40. The molecule has 8 nitrogen and oxygen atoms in total. The van der Waals surface area contributed by atoms with Crippen LogP contribution < -0.4 is 15.8 Å². The largest absolute Gasteiger partial charge is 0.496 e. The number of methoxy groups -OCH3 is 1. The molecule has 0 saturated heterocycles. The number of benzene rings is 3. The van der Waals surface area contributed by atoms with Crippen LogP contribution in [-0.4, -0.2) is 38.2 Å². The number of nitrogens with two attached hydrogens (primary N) is 1. The first-order valence-corrected chi connectivity index (χ1v) is 12.0. The lowest BCUT2D eigenvalue weighted by Crippen LogP contribution is -2.37. The van der Waals surface area contributed by atoms with E-state index in [1.807, 2.05) is 18.2 Å². The fourth-order valence-electron chi connectivity index (χ4n) is 3.44. The molecule has 3 N–H and O–H groups in total. The SMILES string of the molecule is COc1ccc(S(=O)(=O)N(CC(=O)Nc2ccc(CC(N)=O)cc2)Cc2ccccc2)cc1C. The minimum atomic E-state index is -3.99. The van der Waals surface area contributed by atoms with Crippen molar-refractivity contribution >= 4 is 27.5 Å². The molecule has 0 spiro atoms. The zero-order valence-corrected chi connectivity index (χ0v) is 19.8. The number of carbonyl (C=O) groups is 2. The standard InChI is InChI=1S/C25H27N3O5S/c1-18-14-22(12-13-23(18)33-2)34(31,32)28(16-20-6-4-3-5-7-20)17-25(30)27-21-10-8-19(9-11-21)15-24(26)29/h3-14H,15-17H2,1-2H3,(H2,26,29)(H,27,30). The van der Waals surface area contributed by atoms with Gasteiger partial charge in [0.1, 0.15) is 5.75 Å². The molecule has 0 aliphatic rings. The number of nitrogens with zero attached hydrogens (tertiary/aromatic N) is 1.